The van der Waals surface area contributed by atoms with Crippen LogP contribution in [0.2, 0.25) is 0 Å². The molecule has 0 saturated carbocycles. The van der Waals surface area contributed by atoms with E-state index >= 15 is 0 Å². The fourth-order valence-corrected chi connectivity index (χ4v) is 4.81. The second kappa shape index (κ2) is 24.1. The molecule has 1 heterocycles. The molecule has 7 atom stereocenters. The van der Waals surface area contributed by atoms with Crippen LogP contribution in [0.25, 0.3) is 0 Å². The minimum Gasteiger partial charge on any atom is -0.394 e. The van der Waals surface area contributed by atoms with E-state index in [2.05, 4.69) is 31.3 Å². The highest BCUT2D eigenvalue weighted by molar-refractivity contribution is 5.76. The summed E-state index contributed by atoms with van der Waals surface area (Å²) in [4.78, 5) is 12.7. The molecule has 1 aliphatic rings. The number of nitrogens with one attached hydrogen (secondary N) is 1. The maximum absolute atomic E-state index is 12.7. The Balaban J connectivity index is 2.60. The number of unbranched alkanes of at least 4 members (excludes halogenated alkanes) is 12. The van der Waals surface area contributed by atoms with E-state index in [0.717, 1.165) is 38.5 Å². The van der Waals surface area contributed by atoms with Crippen molar-refractivity contribution in [2.24, 2.45) is 0 Å². The van der Waals surface area contributed by atoms with E-state index in [4.69, 9.17) is 9.47 Å². The number of hydrogen-bond acceptors (Lipinski definition) is 8. The van der Waals surface area contributed by atoms with E-state index in [-0.39, 0.29) is 12.5 Å². The van der Waals surface area contributed by atoms with Crippen molar-refractivity contribution < 1.29 is 39.8 Å². The second-order valence-electron chi connectivity index (χ2n) is 11.2. The van der Waals surface area contributed by atoms with E-state index in [1.165, 1.54) is 57.8 Å². The molecule has 0 aromatic carbocycles. The van der Waals surface area contributed by atoms with Gasteiger partial charge in [0.15, 0.2) is 6.29 Å². The fourth-order valence-electron chi connectivity index (χ4n) is 4.81. The molecule has 9 nitrogen and oxygen atoms in total. The van der Waals surface area contributed by atoms with Crippen LogP contribution in [0.15, 0.2) is 24.3 Å². The maximum Gasteiger partial charge on any atom is 0.220 e. The zero-order valence-corrected chi connectivity index (χ0v) is 25.5. The Morgan fingerprint density at radius 2 is 1.39 bits per heavy atom. The first-order valence-corrected chi connectivity index (χ1v) is 16.1. The molecule has 1 aliphatic heterocycles. The number of ether oxygens (including phenoxy) is 2. The minimum atomic E-state index is -1.56. The van der Waals surface area contributed by atoms with Crippen LogP contribution < -0.4 is 5.32 Å². The highest BCUT2D eigenvalue weighted by Gasteiger charge is 2.44. The first-order chi connectivity index (χ1) is 19.8. The Bertz CT molecular complexity index is 701. The lowest BCUT2D eigenvalue weighted by Crippen LogP contribution is -2.60. The number of rotatable bonds is 24. The molecule has 1 saturated heterocycles. The zero-order valence-electron chi connectivity index (χ0n) is 25.5. The molecule has 0 aromatic heterocycles. The third-order valence-corrected chi connectivity index (χ3v) is 7.53. The van der Waals surface area contributed by atoms with E-state index in [1.54, 1.807) is 6.08 Å². The van der Waals surface area contributed by atoms with Gasteiger partial charge in [-0.2, -0.15) is 0 Å². The molecular formula is C32H59NO8. The average molecular weight is 586 g/mol. The van der Waals surface area contributed by atoms with Crippen LogP contribution in [-0.4, -0.2) is 87.5 Å². The molecule has 0 aliphatic carbocycles. The molecular weight excluding hydrogens is 526 g/mol. The Morgan fingerprint density at radius 3 is 2.05 bits per heavy atom. The molecule has 1 fully saturated rings. The van der Waals surface area contributed by atoms with Gasteiger partial charge in [0.2, 0.25) is 5.91 Å². The van der Waals surface area contributed by atoms with Gasteiger partial charge in [-0.1, -0.05) is 102 Å². The summed E-state index contributed by atoms with van der Waals surface area (Å²) in [5, 5.41) is 53.4. The molecule has 1 rings (SSSR count). The highest BCUT2D eigenvalue weighted by Crippen LogP contribution is 2.22. The van der Waals surface area contributed by atoms with Crippen molar-refractivity contribution in [1.29, 1.82) is 0 Å². The molecule has 1 amide bonds. The number of aliphatic hydroxyl groups is 5. The van der Waals surface area contributed by atoms with Crippen LogP contribution in [0.1, 0.15) is 117 Å². The fraction of sp³-hybridized carbons (Fsp3) is 0.844. The Labute approximate surface area is 248 Å². The van der Waals surface area contributed by atoms with Crippen LogP contribution in [0, 0.1) is 0 Å². The Kier molecular flexibility index (Phi) is 22.2. The minimum absolute atomic E-state index is 0.197. The average Bonchev–Trinajstić information content (AvgIpc) is 2.97. The number of carbonyl (C=O) groups excluding carboxylic acids is 1. The second-order valence-corrected chi connectivity index (χ2v) is 11.2. The molecule has 41 heavy (non-hydrogen) atoms. The van der Waals surface area contributed by atoms with Gasteiger partial charge in [0.1, 0.15) is 24.4 Å². The molecule has 0 bridgehead atoms. The highest BCUT2D eigenvalue weighted by atomic mass is 16.7. The number of carbonyl (C=O) groups is 1. The van der Waals surface area contributed by atoms with Crippen LogP contribution in [0.3, 0.4) is 0 Å². The van der Waals surface area contributed by atoms with Crippen molar-refractivity contribution in [3.8, 4) is 0 Å². The molecule has 0 spiro atoms. The summed E-state index contributed by atoms with van der Waals surface area (Å²) in [6, 6.07) is -0.811. The van der Waals surface area contributed by atoms with Gasteiger partial charge in [-0.3, -0.25) is 4.79 Å². The summed E-state index contributed by atoms with van der Waals surface area (Å²) in [7, 11) is 0. The van der Waals surface area contributed by atoms with Gasteiger partial charge in [0.25, 0.3) is 0 Å². The van der Waals surface area contributed by atoms with Gasteiger partial charge in [0, 0.05) is 6.42 Å². The summed E-state index contributed by atoms with van der Waals surface area (Å²) in [5.41, 5.74) is 0. The van der Waals surface area contributed by atoms with Gasteiger partial charge < -0.3 is 40.3 Å². The summed E-state index contributed by atoms with van der Waals surface area (Å²) < 4.78 is 11.1. The Hall–Kier alpha value is -1.33. The predicted octanol–water partition coefficient (Wildman–Crippen LogP) is 4.04. The molecule has 7 unspecified atom stereocenters. The number of aliphatic hydroxyl groups excluding tert-OH is 5. The first-order valence-electron chi connectivity index (χ1n) is 16.1. The summed E-state index contributed by atoms with van der Waals surface area (Å²) in [5.74, 6) is -0.197. The lowest BCUT2D eigenvalue weighted by atomic mass is 9.99. The lowest BCUT2D eigenvalue weighted by Gasteiger charge is -2.40. The maximum atomic E-state index is 12.7. The summed E-state index contributed by atoms with van der Waals surface area (Å²) in [6.07, 6.45) is 16.7. The van der Waals surface area contributed by atoms with E-state index in [1.807, 2.05) is 6.08 Å². The van der Waals surface area contributed by atoms with Gasteiger partial charge in [-0.15, -0.1) is 0 Å². The van der Waals surface area contributed by atoms with Gasteiger partial charge in [-0.05, 0) is 32.1 Å². The van der Waals surface area contributed by atoms with Crippen molar-refractivity contribution >= 4 is 5.91 Å². The largest absolute Gasteiger partial charge is 0.394 e. The van der Waals surface area contributed by atoms with E-state index in [9.17, 15) is 30.3 Å². The first kappa shape index (κ1) is 37.7. The molecule has 9 heteroatoms. The number of amides is 1. The van der Waals surface area contributed by atoms with Crippen molar-refractivity contribution in [2.45, 2.75) is 159 Å². The van der Waals surface area contributed by atoms with Crippen molar-refractivity contribution in [3.63, 3.8) is 0 Å². The lowest BCUT2D eigenvalue weighted by molar-refractivity contribution is -0.302. The zero-order chi connectivity index (χ0) is 30.3. The third kappa shape index (κ3) is 16.8. The number of hydrogen-bond donors (Lipinski definition) is 6. The summed E-state index contributed by atoms with van der Waals surface area (Å²) in [6.45, 7) is 3.63. The number of allylic oxidation sites excluding steroid dienone is 3. The van der Waals surface area contributed by atoms with Crippen molar-refractivity contribution in [3.05, 3.63) is 24.3 Å². The summed E-state index contributed by atoms with van der Waals surface area (Å²) >= 11 is 0. The van der Waals surface area contributed by atoms with Crippen molar-refractivity contribution in [1.82, 2.24) is 5.32 Å². The van der Waals surface area contributed by atoms with Gasteiger partial charge in [-0.25, -0.2) is 0 Å². The Morgan fingerprint density at radius 1 is 0.805 bits per heavy atom. The van der Waals surface area contributed by atoms with Gasteiger partial charge in [0.05, 0.1) is 25.4 Å². The topological polar surface area (TPSA) is 149 Å². The van der Waals surface area contributed by atoms with E-state index < -0.39 is 49.5 Å². The molecule has 240 valence electrons. The predicted molar refractivity (Wildman–Crippen MR) is 161 cm³/mol. The smallest absolute Gasteiger partial charge is 0.220 e. The molecule has 6 N–H and O–H groups in total. The van der Waals surface area contributed by atoms with Crippen LogP contribution in [0.5, 0.6) is 0 Å². The third-order valence-electron chi connectivity index (χ3n) is 7.53. The normalized spacial score (nSPS) is 24.7. The quantitative estimate of drug-likeness (QED) is 0.0734. The molecule has 0 aromatic rings. The molecule has 0 radical (unpaired) electrons. The monoisotopic (exact) mass is 585 g/mol. The van der Waals surface area contributed by atoms with Crippen LogP contribution >= 0.6 is 0 Å². The van der Waals surface area contributed by atoms with Crippen molar-refractivity contribution in [2.75, 3.05) is 13.2 Å². The van der Waals surface area contributed by atoms with E-state index in [0.29, 0.717) is 6.42 Å². The van der Waals surface area contributed by atoms with Crippen LogP contribution in [0.4, 0.5) is 0 Å². The SMILES string of the molecule is CCCCCC/C=C/CC/C=C/C(O)C(COC1OC(CO)C(O)C(O)C1O)NC(=O)CCCCCCCCCC. The standard InChI is InChI=1S/C32H59NO8/c1-3-5-7-9-11-13-14-15-17-19-21-26(35)25(33-28(36)22-20-18-16-12-10-8-6-4-2)24-40-32-31(39)30(38)29(37)27(23-34)41-32/h13-14,19,21,25-27,29-32,34-35,37-39H,3-12,15-18,20,22-24H2,1-2H3,(H,33,36)/b14-13+,21-19+. The van der Waals surface area contributed by atoms with Gasteiger partial charge >= 0.3 is 0 Å². The van der Waals surface area contributed by atoms with Crippen LogP contribution in [-0.2, 0) is 14.3 Å².